The Labute approximate surface area is 213 Å². The molecule has 0 aromatic heterocycles. The number of rotatable bonds is 4. The molecule has 0 spiro atoms. The van der Waals surface area contributed by atoms with Crippen LogP contribution >= 0.6 is 23.2 Å². The second-order valence-electron chi connectivity index (χ2n) is 8.08. The van der Waals surface area contributed by atoms with Crippen molar-refractivity contribution in [3.63, 3.8) is 0 Å². The summed E-state index contributed by atoms with van der Waals surface area (Å²) in [6, 6.07) is 12.3. The van der Waals surface area contributed by atoms with Gasteiger partial charge < -0.3 is 28.8 Å². The van der Waals surface area contributed by atoms with Crippen molar-refractivity contribution in [2.24, 2.45) is 0 Å². The molecule has 4 bridgehead atoms. The first kappa shape index (κ1) is 26.0. The van der Waals surface area contributed by atoms with Gasteiger partial charge in [0, 0.05) is 33.4 Å². The highest BCUT2D eigenvalue weighted by atomic mass is 35.5. The number of hydrogen-bond donors (Lipinski definition) is 1. The Morgan fingerprint density at radius 3 is 1.49 bits per heavy atom. The maximum absolute atomic E-state index is 12.6. The van der Waals surface area contributed by atoms with Crippen LogP contribution in [0.2, 0.25) is 10.0 Å². The minimum Gasteiger partial charge on any atom is -0.453 e. The van der Waals surface area contributed by atoms with Crippen LogP contribution in [-0.2, 0) is 34.5 Å². The van der Waals surface area contributed by atoms with Crippen molar-refractivity contribution in [2.45, 2.75) is 43.1 Å². The number of carbonyl (C=O) groups excluding carboxylic acids is 2. The second-order valence-corrected chi connectivity index (χ2v) is 10.4. The molecular formula is C23H22Cl2O9S. The van der Waals surface area contributed by atoms with Crippen molar-refractivity contribution < 1.29 is 42.6 Å². The first-order chi connectivity index (χ1) is 16.6. The van der Waals surface area contributed by atoms with Crippen molar-refractivity contribution in [2.75, 3.05) is 12.5 Å². The number of halogens is 2. The lowest BCUT2D eigenvalue weighted by Crippen LogP contribution is -2.76. The van der Waals surface area contributed by atoms with Gasteiger partial charge in [0.25, 0.3) is 6.48 Å². The molecule has 0 amide bonds. The first-order valence-corrected chi connectivity index (χ1v) is 13.2. The van der Waals surface area contributed by atoms with Crippen LogP contribution in [0.3, 0.4) is 0 Å². The topological polar surface area (TPSA) is 118 Å². The van der Waals surface area contributed by atoms with Gasteiger partial charge in [-0.1, -0.05) is 23.2 Å². The molecule has 1 saturated carbocycles. The number of ether oxygens (including phenoxy) is 5. The van der Waals surface area contributed by atoms with Crippen LogP contribution in [0.1, 0.15) is 20.7 Å². The monoisotopic (exact) mass is 544 g/mol. The molecule has 35 heavy (non-hydrogen) atoms. The fraction of sp³-hybridized carbons (Fsp3) is 0.391. The molecule has 0 radical (unpaired) electrons. The van der Waals surface area contributed by atoms with E-state index in [1.165, 1.54) is 24.3 Å². The second kappa shape index (κ2) is 10.9. The molecule has 2 aromatic rings. The molecule has 1 aliphatic carbocycles. The lowest BCUT2D eigenvalue weighted by Gasteiger charge is -2.56. The zero-order chi connectivity index (χ0) is 25.3. The van der Waals surface area contributed by atoms with Crippen LogP contribution in [-0.4, -0.2) is 76.9 Å². The van der Waals surface area contributed by atoms with Crippen molar-refractivity contribution >= 4 is 45.9 Å². The van der Waals surface area contributed by atoms with E-state index in [0.29, 0.717) is 10.0 Å². The van der Waals surface area contributed by atoms with Gasteiger partial charge in [0.15, 0.2) is 12.2 Å². The summed E-state index contributed by atoms with van der Waals surface area (Å²) in [5.41, 5.74) is 0.525. The van der Waals surface area contributed by atoms with E-state index < -0.39 is 65.8 Å². The van der Waals surface area contributed by atoms with Gasteiger partial charge >= 0.3 is 11.9 Å². The fourth-order valence-corrected chi connectivity index (χ4v) is 4.16. The number of carbonyl (C=O) groups is 2. The van der Waals surface area contributed by atoms with Crippen LogP contribution < -0.4 is 0 Å². The average molecular weight is 545 g/mol. The Balaban J connectivity index is 0.000000672. The first-order valence-electron chi connectivity index (χ1n) is 10.5. The fourth-order valence-electron chi connectivity index (χ4n) is 3.91. The number of hydrogen-bond acceptors (Lipinski definition) is 9. The van der Waals surface area contributed by atoms with E-state index in [0.717, 1.165) is 0 Å². The SMILES string of the molecule is CS(C)=O.O=C(O[C@H]1C2OC3O[C@@H]1C(O)[C@H](O3)[C@H]2OC(=O)c1ccc(Cl)cc1)c1ccc(Cl)cc1. The molecule has 3 saturated heterocycles. The molecule has 2 aromatic carbocycles. The van der Waals surface area contributed by atoms with E-state index in [-0.39, 0.29) is 11.1 Å². The van der Waals surface area contributed by atoms with Crippen LogP contribution in [0, 0.1) is 0 Å². The standard InChI is InChI=1S/C21H16Cl2O8.C2H6OS/c22-11-5-1-9(2-6-11)19(25)27-16-14-13(24)15-17(18(16)31-21(29-14)30-15)28-20(26)10-3-7-12(23)8-4-10;1-4(2)3/h1-8,13-18,21,24H;1-2H3/t13?,14-,15+,16-,17-,18?,21?;/m1./s1. The van der Waals surface area contributed by atoms with Crippen LogP contribution in [0.25, 0.3) is 0 Å². The highest BCUT2D eigenvalue weighted by molar-refractivity contribution is 7.83. The summed E-state index contributed by atoms with van der Waals surface area (Å²) < 4.78 is 37.4. The highest BCUT2D eigenvalue weighted by Crippen LogP contribution is 2.42. The van der Waals surface area contributed by atoms with Crippen molar-refractivity contribution in [3.05, 3.63) is 69.7 Å². The van der Waals surface area contributed by atoms with E-state index in [9.17, 15) is 18.9 Å². The minimum atomic E-state index is -1.19. The van der Waals surface area contributed by atoms with Gasteiger partial charge in [-0.05, 0) is 48.5 Å². The molecule has 7 atom stereocenters. The van der Waals surface area contributed by atoms with E-state index in [2.05, 4.69) is 0 Å². The Hall–Kier alpha value is -2.05. The molecule has 3 heterocycles. The predicted molar refractivity (Wildman–Crippen MR) is 126 cm³/mol. The Morgan fingerprint density at radius 2 is 1.11 bits per heavy atom. The van der Waals surface area contributed by atoms with Gasteiger partial charge in [0.1, 0.15) is 24.4 Å². The molecule has 4 aliphatic rings. The predicted octanol–water partition coefficient (Wildman–Crippen LogP) is 2.58. The summed E-state index contributed by atoms with van der Waals surface area (Å²) in [5.74, 6) is -1.31. The lowest BCUT2D eigenvalue weighted by molar-refractivity contribution is -0.479. The third-order valence-electron chi connectivity index (χ3n) is 5.42. The quantitative estimate of drug-likeness (QED) is 0.579. The molecule has 1 N–H and O–H groups in total. The molecule has 4 fully saturated rings. The van der Waals surface area contributed by atoms with Crippen molar-refractivity contribution in [1.29, 1.82) is 0 Å². The molecule has 3 unspecified atom stereocenters. The van der Waals surface area contributed by atoms with Crippen molar-refractivity contribution in [1.82, 2.24) is 0 Å². The Morgan fingerprint density at radius 1 is 0.771 bits per heavy atom. The van der Waals surface area contributed by atoms with Gasteiger partial charge in [-0.3, -0.25) is 4.21 Å². The van der Waals surface area contributed by atoms with Gasteiger partial charge in [-0.2, -0.15) is 0 Å². The molecule has 12 heteroatoms. The molecule has 9 nitrogen and oxygen atoms in total. The Kier molecular flexibility index (Phi) is 8.12. The lowest BCUT2D eigenvalue weighted by atomic mass is 9.82. The van der Waals surface area contributed by atoms with E-state index in [4.69, 9.17) is 46.9 Å². The maximum Gasteiger partial charge on any atom is 0.338 e. The minimum absolute atomic E-state index is 0.263. The smallest absolute Gasteiger partial charge is 0.338 e. The number of aliphatic hydroxyl groups excluding tert-OH is 1. The van der Waals surface area contributed by atoms with E-state index in [1.807, 2.05) is 0 Å². The third kappa shape index (κ3) is 5.86. The summed E-state index contributed by atoms with van der Waals surface area (Å²) in [7, 11) is -0.611. The normalized spacial score (nSPS) is 30.4. The molecule has 3 aliphatic heterocycles. The summed E-state index contributed by atoms with van der Waals surface area (Å²) in [6.45, 7) is -1.04. The van der Waals surface area contributed by atoms with Crippen LogP contribution in [0.15, 0.2) is 48.5 Å². The number of benzene rings is 2. The van der Waals surface area contributed by atoms with Gasteiger partial charge in [-0.15, -0.1) is 0 Å². The van der Waals surface area contributed by atoms with E-state index >= 15 is 0 Å². The van der Waals surface area contributed by atoms with Gasteiger partial charge in [0.05, 0.1) is 11.1 Å². The zero-order valence-electron chi connectivity index (χ0n) is 18.5. The van der Waals surface area contributed by atoms with E-state index in [1.54, 1.807) is 36.8 Å². The molecule has 6 rings (SSSR count). The largest absolute Gasteiger partial charge is 0.453 e. The zero-order valence-corrected chi connectivity index (χ0v) is 20.9. The molecular weight excluding hydrogens is 523 g/mol. The van der Waals surface area contributed by atoms with Crippen LogP contribution in [0.4, 0.5) is 0 Å². The Bertz CT molecular complexity index is 1010. The summed E-state index contributed by atoms with van der Waals surface area (Å²) in [4.78, 5) is 25.3. The van der Waals surface area contributed by atoms with Crippen molar-refractivity contribution in [3.8, 4) is 0 Å². The molecule has 188 valence electrons. The van der Waals surface area contributed by atoms with Gasteiger partial charge in [0.2, 0.25) is 0 Å². The summed E-state index contributed by atoms with van der Waals surface area (Å²) >= 11 is 11.7. The maximum atomic E-state index is 12.6. The third-order valence-corrected chi connectivity index (χ3v) is 5.92. The number of aliphatic hydroxyl groups is 1. The average Bonchev–Trinajstić information content (AvgIpc) is 2.81. The van der Waals surface area contributed by atoms with Gasteiger partial charge in [-0.25, -0.2) is 9.59 Å². The van der Waals surface area contributed by atoms with Crippen LogP contribution in [0.5, 0.6) is 0 Å². The summed E-state index contributed by atoms with van der Waals surface area (Å²) in [6.07, 6.45) is -2.59. The summed E-state index contributed by atoms with van der Waals surface area (Å²) in [5, 5.41) is 11.6. The highest BCUT2D eigenvalue weighted by Gasteiger charge is 2.64. The number of esters is 2.